The fraction of sp³-hybridized carbons (Fsp3) is 0.565. The molecule has 0 radical (unpaired) electrons. The Morgan fingerprint density at radius 1 is 1.30 bits per heavy atom. The Labute approximate surface area is 197 Å². The number of halogens is 1. The van der Waals surface area contributed by atoms with E-state index < -0.39 is 41.2 Å². The third-order valence-electron chi connectivity index (χ3n) is 7.57. The minimum absolute atomic E-state index is 0. The van der Waals surface area contributed by atoms with E-state index in [9.17, 15) is 19.8 Å². The Kier molecular flexibility index (Phi) is 5.68. The molecule has 1 unspecified atom stereocenters. The molecule has 10 heteroatoms. The van der Waals surface area contributed by atoms with Gasteiger partial charge in [0.05, 0.1) is 11.0 Å². The van der Waals surface area contributed by atoms with Crippen molar-refractivity contribution in [3.05, 3.63) is 35.1 Å². The highest BCUT2D eigenvalue weighted by Crippen LogP contribution is 2.65. The zero-order valence-corrected chi connectivity index (χ0v) is 19.6. The number of carbonyl (C=O) groups is 2. The van der Waals surface area contributed by atoms with Crippen molar-refractivity contribution in [3.63, 3.8) is 0 Å². The maximum Gasteiger partial charge on any atom is 0.352 e. The lowest BCUT2D eigenvalue weighted by Crippen LogP contribution is -2.74. The van der Waals surface area contributed by atoms with Gasteiger partial charge in [0.15, 0.2) is 23.7 Å². The van der Waals surface area contributed by atoms with Gasteiger partial charge in [-0.2, -0.15) is 0 Å². The zero-order valence-electron chi connectivity index (χ0n) is 18.7. The second-order valence-electron chi connectivity index (χ2n) is 9.39. The number of likely N-dealkylation sites (N-methyl/N-ethyl adjacent to an activating group) is 1. The zero-order chi connectivity index (χ0) is 23.0. The maximum absolute atomic E-state index is 12.7. The van der Waals surface area contributed by atoms with E-state index in [1.807, 2.05) is 13.1 Å². The average molecular weight is 481 g/mol. The molecule has 180 valence electrons. The molecule has 1 spiro atoms. The van der Waals surface area contributed by atoms with Gasteiger partial charge in [-0.25, -0.2) is 4.79 Å². The van der Waals surface area contributed by atoms with Gasteiger partial charge < -0.3 is 35.1 Å². The SMILES string of the molecule is C[C@H](N)C(=O)O[C@@H](C)C(=O)OC1=CC[C@]2(O)C3Cc4ccc(O)c5c4[C@@]2(CCN3C)[C@H]1O5.Cl. The minimum atomic E-state index is -1.16. The molecule has 1 saturated heterocycles. The molecule has 0 aromatic heterocycles. The number of esters is 2. The van der Waals surface area contributed by atoms with Gasteiger partial charge in [-0.15, -0.1) is 12.4 Å². The van der Waals surface area contributed by atoms with Gasteiger partial charge in [0.1, 0.15) is 11.8 Å². The third kappa shape index (κ3) is 3.10. The molecule has 2 bridgehead atoms. The van der Waals surface area contributed by atoms with Gasteiger partial charge in [-0.3, -0.25) is 4.79 Å². The van der Waals surface area contributed by atoms with Crippen molar-refractivity contribution in [2.75, 3.05) is 13.6 Å². The lowest BCUT2D eigenvalue weighted by Gasteiger charge is -2.61. The highest BCUT2D eigenvalue weighted by molar-refractivity contribution is 5.85. The standard InChI is InChI=1S/C23H28N2O7.ClH/c1-11(24)20(27)30-12(2)21(28)31-15-6-7-23(29)16-10-13-4-5-14(26)18-17(13)22(23,19(15)32-18)8-9-25(16)3;/h4-6,11-12,16,19,26,29H,7-10,24H2,1-3H3;1H/t11-,12-,16?,19-,22-,23-;/m0./s1. The summed E-state index contributed by atoms with van der Waals surface area (Å²) in [5.74, 6) is -0.859. The first-order chi connectivity index (χ1) is 15.1. The second-order valence-corrected chi connectivity index (χ2v) is 9.39. The van der Waals surface area contributed by atoms with Crippen LogP contribution in [-0.4, -0.2) is 70.5 Å². The largest absolute Gasteiger partial charge is 0.504 e. The van der Waals surface area contributed by atoms with Crippen LogP contribution in [0.25, 0.3) is 0 Å². The molecule has 0 saturated carbocycles. The van der Waals surface area contributed by atoms with Gasteiger partial charge in [0.25, 0.3) is 0 Å². The van der Waals surface area contributed by atoms with Crippen LogP contribution >= 0.6 is 12.4 Å². The molecular weight excluding hydrogens is 452 g/mol. The van der Waals surface area contributed by atoms with E-state index in [4.69, 9.17) is 19.9 Å². The molecule has 1 aromatic rings. The number of aliphatic hydroxyl groups is 1. The molecule has 0 amide bonds. The topological polar surface area (TPSA) is 132 Å². The Morgan fingerprint density at radius 3 is 2.73 bits per heavy atom. The Morgan fingerprint density at radius 2 is 2.03 bits per heavy atom. The number of likely N-dealkylation sites (tertiary alicyclic amines) is 1. The molecule has 2 heterocycles. The molecule has 2 aliphatic carbocycles. The number of phenolic OH excluding ortho intramolecular Hbond substituents is 1. The number of hydrogen-bond acceptors (Lipinski definition) is 9. The average Bonchev–Trinajstić information content (AvgIpc) is 3.10. The molecule has 2 aliphatic heterocycles. The molecule has 4 aliphatic rings. The Hall–Kier alpha value is -2.33. The number of piperidine rings is 1. The lowest BCUT2D eigenvalue weighted by atomic mass is 9.50. The van der Waals surface area contributed by atoms with Crippen LogP contribution in [0.3, 0.4) is 0 Å². The second kappa shape index (κ2) is 7.87. The van der Waals surface area contributed by atoms with Gasteiger partial charge in [0.2, 0.25) is 0 Å². The highest BCUT2D eigenvalue weighted by atomic mass is 35.5. The van der Waals surface area contributed by atoms with E-state index in [1.165, 1.54) is 13.8 Å². The summed E-state index contributed by atoms with van der Waals surface area (Å²) in [5, 5.41) is 22.6. The van der Waals surface area contributed by atoms with Crippen LogP contribution in [0, 0.1) is 0 Å². The van der Waals surface area contributed by atoms with E-state index >= 15 is 0 Å². The van der Waals surface area contributed by atoms with Crippen LogP contribution < -0.4 is 10.5 Å². The number of phenols is 1. The predicted molar refractivity (Wildman–Crippen MR) is 119 cm³/mol. The molecule has 1 aromatic carbocycles. The smallest absolute Gasteiger partial charge is 0.352 e. The summed E-state index contributed by atoms with van der Waals surface area (Å²) in [6.45, 7) is 3.61. The minimum Gasteiger partial charge on any atom is -0.504 e. The number of hydrogen-bond donors (Lipinski definition) is 3. The lowest BCUT2D eigenvalue weighted by molar-refractivity contribution is -0.175. The van der Waals surface area contributed by atoms with Crippen molar-refractivity contribution in [1.82, 2.24) is 4.90 Å². The molecule has 5 rings (SSSR count). The van der Waals surface area contributed by atoms with Crippen molar-refractivity contribution >= 4 is 24.3 Å². The number of nitrogens with zero attached hydrogens (tertiary/aromatic N) is 1. The van der Waals surface area contributed by atoms with Crippen LogP contribution in [-0.2, 0) is 30.9 Å². The molecule has 33 heavy (non-hydrogen) atoms. The van der Waals surface area contributed by atoms with Crippen molar-refractivity contribution < 1.29 is 34.0 Å². The Balaban J connectivity index is 0.00000259. The summed E-state index contributed by atoms with van der Waals surface area (Å²) in [4.78, 5) is 26.6. The van der Waals surface area contributed by atoms with Crippen molar-refractivity contribution in [1.29, 1.82) is 0 Å². The molecule has 1 fully saturated rings. The Bertz CT molecular complexity index is 1040. The third-order valence-corrected chi connectivity index (χ3v) is 7.57. The quantitative estimate of drug-likeness (QED) is 0.538. The van der Waals surface area contributed by atoms with Gasteiger partial charge in [-0.05, 0) is 58.0 Å². The number of benzene rings is 1. The molecule has 9 nitrogen and oxygen atoms in total. The van der Waals surface area contributed by atoms with E-state index in [2.05, 4.69) is 4.90 Å². The number of rotatable bonds is 4. The molecule has 4 N–H and O–H groups in total. The van der Waals surface area contributed by atoms with Gasteiger partial charge in [-0.1, -0.05) is 6.07 Å². The number of ether oxygens (including phenoxy) is 3. The summed E-state index contributed by atoms with van der Waals surface area (Å²) < 4.78 is 17.0. The highest BCUT2D eigenvalue weighted by Gasteiger charge is 2.72. The maximum atomic E-state index is 12.7. The first-order valence-corrected chi connectivity index (χ1v) is 10.9. The first-order valence-electron chi connectivity index (χ1n) is 10.9. The van der Waals surface area contributed by atoms with E-state index in [-0.39, 0.29) is 36.4 Å². The van der Waals surface area contributed by atoms with Crippen LogP contribution in [0.5, 0.6) is 11.5 Å². The van der Waals surface area contributed by atoms with Crippen LogP contribution in [0.1, 0.15) is 37.8 Å². The van der Waals surface area contributed by atoms with Crippen molar-refractivity contribution in [3.8, 4) is 11.5 Å². The van der Waals surface area contributed by atoms with E-state index in [0.717, 1.165) is 17.7 Å². The number of nitrogens with two attached hydrogens (primary N) is 1. The van der Waals surface area contributed by atoms with E-state index in [1.54, 1.807) is 12.1 Å². The number of carbonyl (C=O) groups excluding carboxylic acids is 2. The molecular formula is C23H29ClN2O7. The summed E-state index contributed by atoms with van der Waals surface area (Å²) in [5.41, 5.74) is 5.35. The van der Waals surface area contributed by atoms with Crippen LogP contribution in [0.15, 0.2) is 24.0 Å². The van der Waals surface area contributed by atoms with Crippen molar-refractivity contribution in [2.45, 2.75) is 68.4 Å². The monoisotopic (exact) mass is 480 g/mol. The van der Waals surface area contributed by atoms with Gasteiger partial charge >= 0.3 is 11.9 Å². The summed E-state index contributed by atoms with van der Waals surface area (Å²) in [7, 11) is 2.00. The van der Waals surface area contributed by atoms with Crippen molar-refractivity contribution in [2.24, 2.45) is 5.73 Å². The fourth-order valence-corrected chi connectivity index (χ4v) is 5.97. The summed E-state index contributed by atoms with van der Waals surface area (Å²) in [6.07, 6.45) is 1.24. The van der Waals surface area contributed by atoms with Gasteiger partial charge in [0, 0.05) is 18.0 Å². The first kappa shape index (κ1) is 23.8. The van der Waals surface area contributed by atoms with Crippen LogP contribution in [0.4, 0.5) is 0 Å². The molecule has 6 atom stereocenters. The summed E-state index contributed by atoms with van der Waals surface area (Å²) >= 11 is 0. The normalized spacial score (nSPS) is 32.9. The predicted octanol–water partition coefficient (Wildman–Crippen LogP) is 0.914. The van der Waals surface area contributed by atoms with E-state index in [0.29, 0.717) is 18.6 Å². The number of aromatic hydroxyl groups is 1. The fourth-order valence-electron chi connectivity index (χ4n) is 5.97. The van der Waals surface area contributed by atoms with Crippen LogP contribution in [0.2, 0.25) is 0 Å². The summed E-state index contributed by atoms with van der Waals surface area (Å²) in [6, 6.07) is 2.49.